The number of halogens is 4. The molecule has 1 heterocycles. The fourth-order valence-corrected chi connectivity index (χ4v) is 3.21. The van der Waals surface area contributed by atoms with Crippen LogP contribution in [0.3, 0.4) is 0 Å². The van der Waals surface area contributed by atoms with E-state index in [1.54, 1.807) is 0 Å². The Kier molecular flexibility index (Phi) is 4.81. The summed E-state index contributed by atoms with van der Waals surface area (Å²) in [4.78, 5) is 12.0. The van der Waals surface area contributed by atoms with Gasteiger partial charge in [-0.2, -0.15) is 13.5 Å². The van der Waals surface area contributed by atoms with Gasteiger partial charge in [-0.25, -0.2) is 22.9 Å². The first-order chi connectivity index (χ1) is 10.5. The van der Waals surface area contributed by atoms with Gasteiger partial charge in [0.1, 0.15) is 5.82 Å². The van der Waals surface area contributed by atoms with Crippen molar-refractivity contribution in [2.75, 3.05) is 0 Å². The second-order valence-electron chi connectivity index (χ2n) is 4.59. The highest BCUT2D eigenvalue weighted by molar-refractivity contribution is 7.88. The molecule has 0 aliphatic rings. The number of rotatable bonds is 4. The largest absolute Gasteiger partial charge is 0.355 e. The first-order valence-electron chi connectivity index (χ1n) is 5.96. The number of hydrogen-bond acceptors (Lipinski definition) is 4. The van der Waals surface area contributed by atoms with E-state index in [1.165, 1.54) is 19.1 Å². The average molecular weight is 387 g/mol. The second kappa shape index (κ2) is 6.19. The molecule has 12 heteroatoms. The first-order valence-corrected chi connectivity index (χ1v) is 8.43. The predicted molar refractivity (Wildman–Crippen MR) is 80.6 cm³/mol. The van der Waals surface area contributed by atoms with Gasteiger partial charge in [0.05, 0.1) is 16.5 Å². The van der Waals surface area contributed by atoms with Crippen LogP contribution in [0.1, 0.15) is 17.9 Å². The first kappa shape index (κ1) is 17.9. The van der Waals surface area contributed by atoms with Crippen LogP contribution in [-0.2, 0) is 15.8 Å². The van der Waals surface area contributed by atoms with Crippen molar-refractivity contribution in [2.24, 2.45) is 5.14 Å². The van der Waals surface area contributed by atoms with Crippen LogP contribution in [0.4, 0.5) is 8.78 Å². The molecule has 0 saturated heterocycles. The number of nitrogens with zero attached hydrogens (tertiary/aromatic N) is 3. The summed E-state index contributed by atoms with van der Waals surface area (Å²) in [5.41, 5.74) is -1.14. The van der Waals surface area contributed by atoms with Gasteiger partial charge in [-0.15, -0.1) is 5.10 Å². The topological polar surface area (TPSA) is 100.0 Å². The molecule has 0 amide bonds. The lowest BCUT2D eigenvalue weighted by Crippen LogP contribution is -2.25. The summed E-state index contributed by atoms with van der Waals surface area (Å²) in [7, 11) is -3.90. The Morgan fingerprint density at radius 3 is 2.39 bits per heavy atom. The molecule has 0 radical (unpaired) electrons. The Hall–Kier alpha value is -1.49. The van der Waals surface area contributed by atoms with Crippen molar-refractivity contribution in [1.82, 2.24) is 14.3 Å². The van der Waals surface area contributed by atoms with Crippen LogP contribution in [0.15, 0.2) is 16.9 Å². The lowest BCUT2D eigenvalue weighted by molar-refractivity contribution is 0.0640. The Morgan fingerprint density at radius 1 is 1.30 bits per heavy atom. The van der Waals surface area contributed by atoms with Crippen LogP contribution in [0.2, 0.25) is 10.0 Å². The average Bonchev–Trinajstić information content (AvgIpc) is 2.66. The monoisotopic (exact) mass is 386 g/mol. The van der Waals surface area contributed by atoms with Crippen molar-refractivity contribution < 1.29 is 17.2 Å². The van der Waals surface area contributed by atoms with Crippen LogP contribution < -0.4 is 10.8 Å². The molecule has 1 aromatic heterocycles. The summed E-state index contributed by atoms with van der Waals surface area (Å²) < 4.78 is 48.9. The third-order valence-corrected chi connectivity index (χ3v) is 4.24. The van der Waals surface area contributed by atoms with E-state index in [9.17, 15) is 22.0 Å². The molecule has 0 aliphatic heterocycles. The van der Waals surface area contributed by atoms with Gasteiger partial charge in [0.25, 0.3) is 0 Å². The molecule has 0 atom stereocenters. The lowest BCUT2D eigenvalue weighted by atomic mass is 10.2. The zero-order valence-electron chi connectivity index (χ0n) is 11.5. The quantitative estimate of drug-likeness (QED) is 0.865. The molecule has 126 valence electrons. The van der Waals surface area contributed by atoms with E-state index in [4.69, 9.17) is 28.3 Å². The van der Waals surface area contributed by atoms with Crippen LogP contribution in [0, 0.1) is 6.92 Å². The molecule has 1 aromatic carbocycles. The molecule has 0 fully saturated rings. The molecule has 2 aromatic rings. The standard InChI is InChI=1S/C11H10Cl2F2N4O3S/c1-5-17-19(11(20)18(5)10(14)15)9-2-6(4-23(16,21)22)7(12)3-8(9)13/h2-3,10H,4H2,1H3,(H2,16,21,22). The number of benzene rings is 1. The summed E-state index contributed by atoms with van der Waals surface area (Å²) in [6, 6.07) is 2.35. The van der Waals surface area contributed by atoms with Crippen molar-refractivity contribution in [1.29, 1.82) is 0 Å². The van der Waals surface area contributed by atoms with Crippen LogP contribution in [0.25, 0.3) is 5.69 Å². The van der Waals surface area contributed by atoms with Crippen molar-refractivity contribution in [3.05, 3.63) is 44.1 Å². The number of alkyl halides is 2. The van der Waals surface area contributed by atoms with E-state index in [2.05, 4.69) is 5.10 Å². The molecule has 0 aliphatic carbocycles. The minimum absolute atomic E-state index is 0.00541. The SMILES string of the molecule is Cc1nn(-c2cc(CS(N)(=O)=O)c(Cl)cc2Cl)c(=O)n1C(F)F. The highest BCUT2D eigenvalue weighted by Crippen LogP contribution is 2.28. The molecular formula is C11H10Cl2F2N4O3S. The van der Waals surface area contributed by atoms with Crippen LogP contribution in [0.5, 0.6) is 0 Å². The summed E-state index contributed by atoms with van der Waals surface area (Å²) in [5, 5.41) is 8.61. The van der Waals surface area contributed by atoms with Crippen molar-refractivity contribution in [3.8, 4) is 5.69 Å². The maximum atomic E-state index is 12.8. The minimum atomic E-state index is -3.90. The summed E-state index contributed by atoms with van der Waals surface area (Å²) in [6.45, 7) is -1.86. The van der Waals surface area contributed by atoms with Gasteiger partial charge in [0.15, 0.2) is 0 Å². The normalized spacial score (nSPS) is 12.1. The smallest absolute Gasteiger partial charge is 0.245 e. The summed E-state index contributed by atoms with van der Waals surface area (Å²) >= 11 is 11.8. The second-order valence-corrected chi connectivity index (χ2v) is 7.02. The number of primary sulfonamides is 1. The fourth-order valence-electron chi connectivity index (χ4n) is 1.93. The summed E-state index contributed by atoms with van der Waals surface area (Å²) in [5.74, 6) is -0.844. The Balaban J connectivity index is 2.68. The number of aromatic nitrogens is 3. The minimum Gasteiger partial charge on any atom is -0.245 e. The van der Waals surface area contributed by atoms with E-state index in [1.807, 2.05) is 0 Å². The van der Waals surface area contributed by atoms with Crippen LogP contribution >= 0.6 is 23.2 Å². The van der Waals surface area contributed by atoms with Gasteiger partial charge < -0.3 is 0 Å². The molecule has 2 rings (SSSR count). The van der Waals surface area contributed by atoms with E-state index in [-0.39, 0.29) is 31.7 Å². The molecule has 2 N–H and O–H groups in total. The van der Waals surface area contributed by atoms with Gasteiger partial charge in [-0.05, 0) is 24.6 Å². The molecule has 0 bridgehead atoms. The number of nitrogens with two attached hydrogens (primary N) is 1. The van der Waals surface area contributed by atoms with E-state index >= 15 is 0 Å². The zero-order valence-corrected chi connectivity index (χ0v) is 13.8. The molecule has 23 heavy (non-hydrogen) atoms. The van der Waals surface area contributed by atoms with Crippen LogP contribution in [-0.4, -0.2) is 22.8 Å². The van der Waals surface area contributed by atoms with Gasteiger partial charge in [-0.1, -0.05) is 23.2 Å². The Morgan fingerprint density at radius 2 is 1.91 bits per heavy atom. The Bertz CT molecular complexity index is 924. The maximum Gasteiger partial charge on any atom is 0.355 e. The van der Waals surface area contributed by atoms with Gasteiger partial charge in [0, 0.05) is 5.02 Å². The predicted octanol–water partition coefficient (Wildman–Crippen LogP) is 1.83. The van der Waals surface area contributed by atoms with Gasteiger partial charge >= 0.3 is 12.2 Å². The third kappa shape index (κ3) is 3.71. The van der Waals surface area contributed by atoms with Crippen molar-refractivity contribution in [2.45, 2.75) is 19.2 Å². The zero-order chi connectivity index (χ0) is 17.5. The van der Waals surface area contributed by atoms with E-state index in [0.717, 1.165) is 0 Å². The maximum absolute atomic E-state index is 12.8. The number of aryl methyl sites for hydroxylation is 1. The third-order valence-electron chi connectivity index (χ3n) is 2.88. The molecule has 7 nitrogen and oxygen atoms in total. The van der Waals surface area contributed by atoms with Crippen molar-refractivity contribution >= 4 is 33.2 Å². The molecule has 0 unspecified atom stereocenters. The molecule has 0 spiro atoms. The number of hydrogen-bond donors (Lipinski definition) is 1. The van der Waals surface area contributed by atoms with E-state index in [0.29, 0.717) is 4.68 Å². The van der Waals surface area contributed by atoms with E-state index < -0.39 is 28.0 Å². The van der Waals surface area contributed by atoms with Crippen molar-refractivity contribution in [3.63, 3.8) is 0 Å². The highest BCUT2D eigenvalue weighted by Gasteiger charge is 2.21. The van der Waals surface area contributed by atoms with Gasteiger partial charge in [0.2, 0.25) is 10.0 Å². The highest BCUT2D eigenvalue weighted by atomic mass is 35.5. The van der Waals surface area contributed by atoms with Gasteiger partial charge in [-0.3, -0.25) is 0 Å². The fraction of sp³-hybridized carbons (Fsp3) is 0.273. The Labute approximate surface area is 139 Å². The summed E-state index contributed by atoms with van der Waals surface area (Å²) in [6.07, 6.45) is 0. The lowest BCUT2D eigenvalue weighted by Gasteiger charge is -2.08. The molecular weight excluding hydrogens is 377 g/mol. The molecule has 0 saturated carbocycles. The number of sulfonamides is 1.